The Morgan fingerprint density at radius 3 is 2.24 bits per heavy atom. The number of rotatable bonds is 5. The Morgan fingerprint density at radius 2 is 1.44 bits per heavy atom. The predicted molar refractivity (Wildman–Crippen MR) is 208 cm³/mol. The van der Waals surface area contributed by atoms with Gasteiger partial charge in [-0.05, 0) is 91.9 Å². The summed E-state index contributed by atoms with van der Waals surface area (Å²) in [6.07, 6.45) is 13.0. The van der Waals surface area contributed by atoms with Crippen molar-refractivity contribution in [3.05, 3.63) is 108 Å². The van der Waals surface area contributed by atoms with Crippen LogP contribution in [0.2, 0.25) is 0 Å². The molecule has 5 heteroatoms. The van der Waals surface area contributed by atoms with Gasteiger partial charge in [-0.2, -0.15) is 0 Å². The second-order valence-corrected chi connectivity index (χ2v) is 14.7. The molecule has 2 fully saturated rings. The number of anilines is 1. The van der Waals surface area contributed by atoms with E-state index in [1.165, 1.54) is 97.2 Å². The zero-order chi connectivity index (χ0) is 33.8. The van der Waals surface area contributed by atoms with E-state index in [1.54, 1.807) is 12.1 Å². The molecule has 5 aromatic rings. The zero-order valence-electron chi connectivity index (χ0n) is 29.2. The average molecular weight is 661 g/mol. The van der Waals surface area contributed by atoms with Crippen LogP contribution in [-0.4, -0.2) is 35.9 Å². The van der Waals surface area contributed by atoms with Crippen molar-refractivity contribution in [1.82, 2.24) is 9.14 Å². The van der Waals surface area contributed by atoms with Crippen LogP contribution in [-0.2, 0) is 0 Å². The number of benzene rings is 5. The molecule has 1 aromatic heterocycles. The summed E-state index contributed by atoms with van der Waals surface area (Å²) >= 11 is 0. The van der Waals surface area contributed by atoms with Crippen LogP contribution in [0.4, 0.5) is 5.69 Å². The van der Waals surface area contributed by atoms with Crippen LogP contribution in [0.1, 0.15) is 64.2 Å². The summed E-state index contributed by atoms with van der Waals surface area (Å²) in [5.74, 6) is 1.20. The van der Waals surface area contributed by atoms with Crippen LogP contribution in [0.3, 0.4) is 0 Å². The van der Waals surface area contributed by atoms with Crippen molar-refractivity contribution in [2.24, 2.45) is 0 Å². The molecule has 9 rings (SSSR count). The van der Waals surface area contributed by atoms with Gasteiger partial charge in [0, 0.05) is 76.7 Å². The second kappa shape index (κ2) is 12.7. The quantitative estimate of drug-likeness (QED) is 0.148. The monoisotopic (exact) mass is 660 g/mol. The molecular weight excluding hydrogens is 615 g/mol. The first-order valence-electron chi connectivity index (χ1n) is 18.7. The number of phenols is 1. The molecule has 0 amide bonds. The summed E-state index contributed by atoms with van der Waals surface area (Å²) in [4.78, 5) is 2.48. The van der Waals surface area contributed by atoms with E-state index in [4.69, 9.17) is 4.42 Å². The Bertz CT molecular complexity index is 2390. The van der Waals surface area contributed by atoms with Gasteiger partial charge in [0.15, 0.2) is 6.04 Å². The molecule has 4 aromatic carbocycles. The fourth-order valence-electron chi connectivity index (χ4n) is 8.98. The van der Waals surface area contributed by atoms with Gasteiger partial charge in [0.25, 0.3) is 0 Å². The Morgan fingerprint density at radius 1 is 0.700 bits per heavy atom. The number of hydrogen-bond acceptors (Lipinski definition) is 3. The number of fused-ring (bicyclic) bond motifs is 5. The molecule has 3 aliphatic carbocycles. The topological polar surface area (TPSA) is 44.5 Å². The first-order valence-corrected chi connectivity index (χ1v) is 18.7. The first-order chi connectivity index (χ1) is 24.5. The van der Waals surface area contributed by atoms with Gasteiger partial charge >= 0.3 is 0 Å². The van der Waals surface area contributed by atoms with E-state index in [1.807, 2.05) is 12.1 Å². The SMILES string of the molecule is CN(c1ccc2c(-c3ccc4c(c3)c3ccccc3n4-c3ccc(O)cc3)c3cc/c(=[N+](/C)C4CCCCC4)cc-3oc2c1)C1CCCCC1. The van der Waals surface area contributed by atoms with Gasteiger partial charge in [0.2, 0.25) is 5.36 Å². The number of phenolic OH excluding ortho intramolecular Hbond substituents is 1. The van der Waals surface area contributed by atoms with Crippen molar-refractivity contribution in [2.45, 2.75) is 76.3 Å². The molecule has 50 heavy (non-hydrogen) atoms. The maximum Gasteiger partial charge on any atom is 0.203 e. The molecule has 1 aliphatic heterocycles. The smallest absolute Gasteiger partial charge is 0.203 e. The third-order valence-corrected chi connectivity index (χ3v) is 11.8. The van der Waals surface area contributed by atoms with Crippen LogP contribution in [0.5, 0.6) is 5.75 Å². The normalized spacial score (nSPS) is 16.8. The van der Waals surface area contributed by atoms with Gasteiger partial charge in [0.1, 0.15) is 24.1 Å². The highest BCUT2D eigenvalue weighted by Crippen LogP contribution is 2.43. The third kappa shape index (κ3) is 5.35. The molecule has 0 unspecified atom stereocenters. The minimum atomic E-state index is 0.270. The number of hydrogen-bond donors (Lipinski definition) is 1. The van der Waals surface area contributed by atoms with E-state index in [-0.39, 0.29) is 5.75 Å². The van der Waals surface area contributed by atoms with E-state index in [0.717, 1.165) is 39.0 Å². The minimum Gasteiger partial charge on any atom is -0.508 e. The second-order valence-electron chi connectivity index (χ2n) is 14.7. The van der Waals surface area contributed by atoms with E-state index in [0.29, 0.717) is 12.1 Å². The molecule has 5 nitrogen and oxygen atoms in total. The maximum atomic E-state index is 10.0. The fraction of sp³-hybridized carbons (Fsp3) is 0.311. The number of aromatic nitrogens is 1. The standard InChI is InChI=1S/C45H45N3O2/c1-46(31-11-5-3-6-12-31)34-20-24-38-43(28-34)50-44-29-35(47(2)32-13-7-4-8-14-32)21-25-39(44)45(38)30-17-26-42-40(27-30)37-15-9-10-16-41(37)48(42)33-18-22-36(49)23-19-33/h9-10,15-29,31-32H,3-8,11-14H2,1-2H3/p+1. The van der Waals surface area contributed by atoms with E-state index < -0.39 is 0 Å². The van der Waals surface area contributed by atoms with Gasteiger partial charge in [-0.3, -0.25) is 0 Å². The lowest BCUT2D eigenvalue weighted by Gasteiger charge is -2.33. The van der Waals surface area contributed by atoms with Gasteiger partial charge in [-0.1, -0.05) is 49.9 Å². The molecule has 4 aliphatic rings. The van der Waals surface area contributed by atoms with Gasteiger partial charge in [-0.15, -0.1) is 0 Å². The van der Waals surface area contributed by atoms with Crippen molar-refractivity contribution in [3.8, 4) is 33.9 Å². The van der Waals surface area contributed by atoms with Crippen LogP contribution in [0.15, 0.2) is 108 Å². The Hall–Kier alpha value is -5.03. The summed E-state index contributed by atoms with van der Waals surface area (Å²) in [6.45, 7) is 0. The van der Waals surface area contributed by atoms with Crippen LogP contribution in [0, 0.1) is 0 Å². The van der Waals surface area contributed by atoms with Crippen LogP contribution >= 0.6 is 0 Å². The molecule has 0 atom stereocenters. The highest BCUT2D eigenvalue weighted by atomic mass is 16.3. The summed E-state index contributed by atoms with van der Waals surface area (Å²) in [5.41, 5.74) is 8.99. The van der Waals surface area contributed by atoms with Gasteiger partial charge in [-0.25, -0.2) is 4.58 Å². The van der Waals surface area contributed by atoms with E-state index >= 15 is 0 Å². The fourth-order valence-corrected chi connectivity index (χ4v) is 8.98. The van der Waals surface area contributed by atoms with Crippen molar-refractivity contribution in [1.29, 1.82) is 0 Å². The highest BCUT2D eigenvalue weighted by Gasteiger charge is 2.25. The average Bonchev–Trinajstić information content (AvgIpc) is 3.50. The number of aromatic hydroxyl groups is 1. The molecule has 1 N–H and O–H groups in total. The molecule has 0 bridgehead atoms. The van der Waals surface area contributed by atoms with Crippen molar-refractivity contribution < 1.29 is 9.52 Å². The predicted octanol–water partition coefficient (Wildman–Crippen LogP) is 10.5. The van der Waals surface area contributed by atoms with Crippen molar-refractivity contribution in [3.63, 3.8) is 0 Å². The molecule has 2 heterocycles. The summed E-state index contributed by atoms with van der Waals surface area (Å²) in [5, 5.41) is 14.8. The minimum absolute atomic E-state index is 0.270. The summed E-state index contributed by atoms with van der Waals surface area (Å²) in [7, 11) is 4.52. The van der Waals surface area contributed by atoms with Crippen LogP contribution in [0.25, 0.3) is 60.9 Å². The Labute approximate surface area is 294 Å². The maximum absolute atomic E-state index is 10.0. The van der Waals surface area contributed by atoms with Crippen molar-refractivity contribution in [2.75, 3.05) is 19.0 Å². The molecule has 0 radical (unpaired) electrons. The molecular formula is C45H46N3O2+. The van der Waals surface area contributed by atoms with E-state index in [9.17, 15) is 5.11 Å². The lowest BCUT2D eigenvalue weighted by Crippen LogP contribution is -2.37. The lowest BCUT2D eigenvalue weighted by atomic mass is 9.91. The summed E-state index contributed by atoms with van der Waals surface area (Å²) < 4.78 is 11.7. The van der Waals surface area contributed by atoms with Crippen LogP contribution < -0.4 is 14.8 Å². The van der Waals surface area contributed by atoms with Gasteiger partial charge in [0.05, 0.1) is 17.1 Å². The summed E-state index contributed by atoms with van der Waals surface area (Å²) in [6, 6.07) is 37.9. The zero-order valence-corrected chi connectivity index (χ0v) is 29.2. The highest BCUT2D eigenvalue weighted by molar-refractivity contribution is 6.12. The number of nitrogens with zero attached hydrogens (tertiary/aromatic N) is 3. The lowest BCUT2D eigenvalue weighted by molar-refractivity contribution is 0.355. The molecule has 2 saturated carbocycles. The van der Waals surface area contributed by atoms with E-state index in [2.05, 4.69) is 107 Å². The molecule has 0 spiro atoms. The van der Waals surface area contributed by atoms with Crippen molar-refractivity contribution >= 4 is 38.5 Å². The molecule has 252 valence electrons. The number of para-hydroxylation sites is 1. The third-order valence-electron chi connectivity index (χ3n) is 11.8. The Kier molecular flexibility index (Phi) is 7.87. The largest absolute Gasteiger partial charge is 0.508 e. The Balaban J connectivity index is 1.26. The van der Waals surface area contributed by atoms with Gasteiger partial charge < -0.3 is 19.0 Å². The first kappa shape index (κ1) is 31.0. The molecule has 0 saturated heterocycles.